The first kappa shape index (κ1) is 19.3. The summed E-state index contributed by atoms with van der Waals surface area (Å²) in [6, 6.07) is 5.54. The quantitative estimate of drug-likeness (QED) is 0.565. The van der Waals surface area contributed by atoms with Gasteiger partial charge in [0.25, 0.3) is 0 Å². The average Bonchev–Trinajstić information content (AvgIpc) is 2.58. The molecule has 1 aromatic carbocycles. The molecule has 1 aliphatic rings. The molecule has 0 aromatic heterocycles. The Kier molecular flexibility index (Phi) is 7.11. The second-order valence-corrected chi connectivity index (χ2v) is 8.01. The zero-order chi connectivity index (χ0) is 17.6. The lowest BCUT2D eigenvalue weighted by molar-refractivity contribution is -0.152. The van der Waals surface area contributed by atoms with Crippen molar-refractivity contribution in [2.75, 3.05) is 7.11 Å². The monoisotopic (exact) mass is 375 g/mol. The standard InChI is InChI=1S/C16H23ClNO5P/c1-12(16(19)22-14-6-4-3-5-7-14)18-24(20,21-2)23-15-10-8-13(17)9-11-15/h8-12,14H,3-7H2,1-2H3,(H,18,20)/t12-,24-/m0/s1. The first-order valence-corrected chi connectivity index (χ1v) is 9.93. The third kappa shape index (κ3) is 5.78. The Bertz CT molecular complexity index is 589. The lowest BCUT2D eigenvalue weighted by Gasteiger charge is -2.25. The zero-order valence-electron chi connectivity index (χ0n) is 13.9. The SMILES string of the molecule is CO[P@@](=O)(N[C@@H](C)C(=O)OC1CCCCC1)Oc1ccc(Cl)cc1. The number of esters is 1. The minimum atomic E-state index is -3.69. The Labute approximate surface area is 147 Å². The summed E-state index contributed by atoms with van der Waals surface area (Å²) in [5, 5.41) is 3.13. The lowest BCUT2D eigenvalue weighted by Crippen LogP contribution is -2.37. The van der Waals surface area contributed by atoms with E-state index < -0.39 is 19.8 Å². The van der Waals surface area contributed by atoms with Crippen LogP contribution in [-0.4, -0.2) is 25.2 Å². The summed E-state index contributed by atoms with van der Waals surface area (Å²) in [6.45, 7) is 1.57. The number of rotatable bonds is 7. The number of hydrogen-bond donors (Lipinski definition) is 1. The van der Waals surface area contributed by atoms with Crippen molar-refractivity contribution in [3.63, 3.8) is 0 Å². The molecule has 24 heavy (non-hydrogen) atoms. The van der Waals surface area contributed by atoms with Crippen LogP contribution < -0.4 is 9.61 Å². The summed E-state index contributed by atoms with van der Waals surface area (Å²) in [7, 11) is -2.44. The van der Waals surface area contributed by atoms with Gasteiger partial charge >= 0.3 is 13.7 Å². The summed E-state index contributed by atoms with van der Waals surface area (Å²) in [5.41, 5.74) is 0. The third-order valence-corrected chi connectivity index (χ3v) is 5.71. The highest BCUT2D eigenvalue weighted by atomic mass is 35.5. The van der Waals surface area contributed by atoms with E-state index in [0.717, 1.165) is 25.7 Å². The van der Waals surface area contributed by atoms with Gasteiger partial charge in [-0.05, 0) is 56.9 Å². The van der Waals surface area contributed by atoms with Crippen molar-refractivity contribution in [1.82, 2.24) is 5.09 Å². The Morgan fingerprint density at radius 1 is 1.25 bits per heavy atom. The van der Waals surface area contributed by atoms with E-state index in [2.05, 4.69) is 5.09 Å². The van der Waals surface area contributed by atoms with Gasteiger partial charge in [0, 0.05) is 12.1 Å². The lowest BCUT2D eigenvalue weighted by atomic mass is 9.98. The summed E-state index contributed by atoms with van der Waals surface area (Å²) in [5.74, 6) is -0.135. The number of ether oxygens (including phenoxy) is 1. The van der Waals surface area contributed by atoms with Crippen molar-refractivity contribution in [1.29, 1.82) is 0 Å². The number of carbonyl (C=O) groups excluding carboxylic acids is 1. The van der Waals surface area contributed by atoms with Crippen LogP contribution in [-0.2, 0) is 18.6 Å². The molecule has 1 aromatic rings. The molecular formula is C16H23ClNO5P. The van der Waals surface area contributed by atoms with Crippen molar-refractivity contribution in [2.45, 2.75) is 51.2 Å². The second-order valence-electron chi connectivity index (χ2n) is 5.77. The zero-order valence-corrected chi connectivity index (χ0v) is 15.5. The Hall–Kier alpha value is -1.07. The molecule has 1 saturated carbocycles. The summed E-state index contributed by atoms with van der Waals surface area (Å²) in [6.07, 6.45) is 5.00. The van der Waals surface area contributed by atoms with Crippen molar-refractivity contribution >= 4 is 25.3 Å². The fraction of sp³-hybridized carbons (Fsp3) is 0.562. The first-order valence-electron chi connectivity index (χ1n) is 8.01. The highest BCUT2D eigenvalue weighted by molar-refractivity contribution is 7.52. The number of benzene rings is 1. The number of nitrogens with one attached hydrogen (secondary N) is 1. The molecule has 1 aliphatic carbocycles. The van der Waals surface area contributed by atoms with E-state index in [1.54, 1.807) is 31.2 Å². The van der Waals surface area contributed by atoms with Gasteiger partial charge in [-0.1, -0.05) is 18.0 Å². The van der Waals surface area contributed by atoms with Crippen LogP contribution in [0.4, 0.5) is 0 Å². The van der Waals surface area contributed by atoms with Gasteiger partial charge in [0.2, 0.25) is 0 Å². The van der Waals surface area contributed by atoms with Gasteiger partial charge in [0.1, 0.15) is 17.9 Å². The van der Waals surface area contributed by atoms with Crippen LogP contribution >= 0.6 is 19.3 Å². The molecule has 0 saturated heterocycles. The number of carbonyl (C=O) groups is 1. The minimum Gasteiger partial charge on any atom is -0.461 e. The van der Waals surface area contributed by atoms with Crippen LogP contribution in [0.1, 0.15) is 39.0 Å². The fourth-order valence-electron chi connectivity index (χ4n) is 2.49. The van der Waals surface area contributed by atoms with E-state index >= 15 is 0 Å². The number of hydrogen-bond acceptors (Lipinski definition) is 5. The maximum atomic E-state index is 12.6. The van der Waals surface area contributed by atoms with Crippen molar-refractivity contribution in [3.8, 4) is 5.75 Å². The van der Waals surface area contributed by atoms with Crippen LogP contribution in [0.3, 0.4) is 0 Å². The van der Waals surface area contributed by atoms with Gasteiger partial charge in [0.15, 0.2) is 0 Å². The van der Waals surface area contributed by atoms with Crippen LogP contribution in [0.5, 0.6) is 5.75 Å². The van der Waals surface area contributed by atoms with Crippen LogP contribution in [0.15, 0.2) is 24.3 Å². The van der Waals surface area contributed by atoms with Crippen molar-refractivity contribution in [3.05, 3.63) is 29.3 Å². The third-order valence-electron chi connectivity index (χ3n) is 3.82. The van der Waals surface area contributed by atoms with Crippen LogP contribution in [0.2, 0.25) is 5.02 Å². The van der Waals surface area contributed by atoms with Gasteiger partial charge < -0.3 is 9.26 Å². The van der Waals surface area contributed by atoms with E-state index in [0.29, 0.717) is 10.8 Å². The molecule has 0 aliphatic heterocycles. The van der Waals surface area contributed by atoms with E-state index in [1.165, 1.54) is 13.5 Å². The highest BCUT2D eigenvalue weighted by Gasteiger charge is 2.32. The molecule has 6 nitrogen and oxygen atoms in total. The molecule has 2 rings (SSSR count). The van der Waals surface area contributed by atoms with Crippen molar-refractivity contribution < 1.29 is 23.1 Å². The molecule has 1 fully saturated rings. The molecular weight excluding hydrogens is 353 g/mol. The first-order chi connectivity index (χ1) is 11.4. The molecule has 0 unspecified atom stereocenters. The molecule has 0 bridgehead atoms. The maximum absolute atomic E-state index is 12.6. The van der Waals surface area contributed by atoms with Gasteiger partial charge in [-0.2, -0.15) is 5.09 Å². The van der Waals surface area contributed by atoms with Crippen molar-refractivity contribution in [2.24, 2.45) is 0 Å². The summed E-state index contributed by atoms with van der Waals surface area (Å²) in [4.78, 5) is 12.2. The largest absolute Gasteiger partial charge is 0.461 e. The normalized spacial score (nSPS) is 19.3. The molecule has 8 heteroatoms. The average molecular weight is 376 g/mol. The van der Waals surface area contributed by atoms with E-state index in [-0.39, 0.29) is 6.10 Å². The predicted molar refractivity (Wildman–Crippen MR) is 92.3 cm³/mol. The minimum absolute atomic E-state index is 0.0605. The molecule has 134 valence electrons. The molecule has 1 N–H and O–H groups in total. The Balaban J connectivity index is 1.92. The molecule has 0 heterocycles. The topological polar surface area (TPSA) is 73.9 Å². The fourth-order valence-corrected chi connectivity index (χ4v) is 3.83. The summed E-state index contributed by atoms with van der Waals surface area (Å²) >= 11 is 5.80. The van der Waals surface area contributed by atoms with Gasteiger partial charge in [-0.3, -0.25) is 9.32 Å². The van der Waals surface area contributed by atoms with E-state index in [4.69, 9.17) is 25.4 Å². The molecule has 0 radical (unpaired) electrons. The summed E-state index contributed by atoms with van der Waals surface area (Å²) < 4.78 is 28.4. The molecule has 2 atom stereocenters. The van der Waals surface area contributed by atoms with E-state index in [9.17, 15) is 9.36 Å². The molecule has 0 amide bonds. The van der Waals surface area contributed by atoms with Gasteiger partial charge in [-0.15, -0.1) is 0 Å². The smallest absolute Gasteiger partial charge is 0.459 e. The van der Waals surface area contributed by atoms with Gasteiger partial charge in [0.05, 0.1) is 0 Å². The molecule has 0 spiro atoms. The van der Waals surface area contributed by atoms with Gasteiger partial charge in [-0.25, -0.2) is 4.57 Å². The van der Waals surface area contributed by atoms with Crippen LogP contribution in [0, 0.1) is 0 Å². The Morgan fingerprint density at radius 2 is 1.88 bits per heavy atom. The highest BCUT2D eigenvalue weighted by Crippen LogP contribution is 2.44. The Morgan fingerprint density at radius 3 is 2.46 bits per heavy atom. The van der Waals surface area contributed by atoms with E-state index in [1.807, 2.05) is 0 Å². The van der Waals surface area contributed by atoms with Crippen LogP contribution in [0.25, 0.3) is 0 Å². The maximum Gasteiger partial charge on any atom is 0.459 e. The predicted octanol–water partition coefficient (Wildman–Crippen LogP) is 4.33. The number of halogens is 1. The second kappa shape index (κ2) is 8.86.